The Kier molecular flexibility index (Phi) is 7.04. The Morgan fingerprint density at radius 2 is 2.00 bits per heavy atom. The topological polar surface area (TPSA) is 9.23 Å². The van der Waals surface area contributed by atoms with Gasteiger partial charge in [0.1, 0.15) is 0 Å². The molecule has 10 heavy (non-hydrogen) atoms. The van der Waals surface area contributed by atoms with E-state index < -0.39 is 0 Å². The summed E-state index contributed by atoms with van der Waals surface area (Å²) in [5.74, 6) is 0. The minimum atomic E-state index is 0.205. The van der Waals surface area contributed by atoms with Gasteiger partial charge in [0, 0.05) is 6.61 Å². The second kappa shape index (κ2) is 7.07. The van der Waals surface area contributed by atoms with Gasteiger partial charge in [-0.05, 0) is 19.8 Å². The normalized spacial score (nSPS) is 13.5. The van der Waals surface area contributed by atoms with Gasteiger partial charge in [-0.3, -0.25) is 0 Å². The van der Waals surface area contributed by atoms with Gasteiger partial charge in [-0.15, -0.1) is 0 Å². The average molecular weight is 143 g/mol. The summed E-state index contributed by atoms with van der Waals surface area (Å²) in [6, 6.07) is 0. The van der Waals surface area contributed by atoms with E-state index in [4.69, 9.17) is 4.74 Å². The molecule has 61 valence electrons. The monoisotopic (exact) mass is 143 g/mol. The number of hydrogen-bond donors (Lipinski definition) is 0. The van der Waals surface area contributed by atoms with Gasteiger partial charge in [0.25, 0.3) is 0 Å². The molecule has 0 amide bonds. The Morgan fingerprint density at radius 1 is 1.30 bits per heavy atom. The summed E-state index contributed by atoms with van der Waals surface area (Å²) in [6.45, 7) is 9.01. The van der Waals surface area contributed by atoms with Gasteiger partial charge in [0.05, 0.1) is 6.10 Å². The van der Waals surface area contributed by atoms with E-state index in [0.717, 1.165) is 13.0 Å². The maximum absolute atomic E-state index is 5.38. The lowest BCUT2D eigenvalue weighted by Gasteiger charge is -2.08. The molecular formula is C9H19O. The third-order valence-electron chi connectivity index (χ3n) is 1.56. The Bertz CT molecular complexity index is 61.7. The van der Waals surface area contributed by atoms with Crippen molar-refractivity contribution in [3.8, 4) is 0 Å². The summed E-state index contributed by atoms with van der Waals surface area (Å²) in [6.07, 6.45) is 4.94. The van der Waals surface area contributed by atoms with Crippen molar-refractivity contribution in [1.29, 1.82) is 0 Å². The molecule has 0 fully saturated rings. The lowest BCUT2D eigenvalue weighted by molar-refractivity contribution is 0.0780. The molecular weight excluding hydrogens is 124 g/mol. The highest BCUT2D eigenvalue weighted by molar-refractivity contribution is 4.55. The first-order chi connectivity index (χ1) is 4.81. The summed E-state index contributed by atoms with van der Waals surface area (Å²) >= 11 is 0. The van der Waals surface area contributed by atoms with Gasteiger partial charge in [-0.1, -0.05) is 26.7 Å². The molecule has 1 radical (unpaired) electrons. The molecule has 0 spiro atoms. The van der Waals surface area contributed by atoms with Gasteiger partial charge in [-0.25, -0.2) is 0 Å². The van der Waals surface area contributed by atoms with Crippen molar-refractivity contribution < 1.29 is 4.74 Å². The van der Waals surface area contributed by atoms with Gasteiger partial charge in [0.2, 0.25) is 0 Å². The Hall–Kier alpha value is -0.0400. The van der Waals surface area contributed by atoms with Crippen molar-refractivity contribution in [2.45, 2.75) is 45.6 Å². The van der Waals surface area contributed by atoms with E-state index in [9.17, 15) is 0 Å². The summed E-state index contributed by atoms with van der Waals surface area (Å²) in [7, 11) is 0. The van der Waals surface area contributed by atoms with Crippen LogP contribution in [0.2, 0.25) is 0 Å². The van der Waals surface area contributed by atoms with Crippen molar-refractivity contribution in [2.75, 3.05) is 6.61 Å². The maximum atomic E-state index is 5.38. The van der Waals surface area contributed by atoms with Crippen LogP contribution < -0.4 is 0 Å². The Balaban J connectivity index is 2.89. The fourth-order valence-corrected chi connectivity index (χ4v) is 0.720. The summed E-state index contributed by atoms with van der Waals surface area (Å²) in [4.78, 5) is 0. The predicted molar refractivity (Wildman–Crippen MR) is 44.9 cm³/mol. The van der Waals surface area contributed by atoms with E-state index in [0.29, 0.717) is 0 Å². The maximum Gasteiger partial charge on any atom is 0.0573 e. The van der Waals surface area contributed by atoms with Crippen LogP contribution in [0.3, 0.4) is 0 Å². The van der Waals surface area contributed by atoms with E-state index in [1.807, 2.05) is 0 Å². The van der Waals surface area contributed by atoms with Crippen molar-refractivity contribution in [2.24, 2.45) is 0 Å². The number of hydrogen-bond acceptors (Lipinski definition) is 1. The van der Waals surface area contributed by atoms with E-state index >= 15 is 0 Å². The largest absolute Gasteiger partial charge is 0.378 e. The van der Waals surface area contributed by atoms with Crippen LogP contribution in [0.5, 0.6) is 0 Å². The lowest BCUT2D eigenvalue weighted by atomic mass is 10.2. The second-order valence-corrected chi connectivity index (χ2v) is 2.61. The van der Waals surface area contributed by atoms with Gasteiger partial charge in [-0.2, -0.15) is 0 Å². The number of rotatable bonds is 6. The van der Waals surface area contributed by atoms with Crippen LogP contribution in [0.15, 0.2) is 0 Å². The molecule has 1 unspecified atom stereocenters. The molecule has 1 nitrogen and oxygen atoms in total. The van der Waals surface area contributed by atoms with Gasteiger partial charge < -0.3 is 4.74 Å². The van der Waals surface area contributed by atoms with Crippen molar-refractivity contribution in [3.05, 3.63) is 6.92 Å². The molecule has 0 aliphatic rings. The quantitative estimate of drug-likeness (QED) is 0.519. The molecule has 0 aliphatic heterocycles. The summed E-state index contributed by atoms with van der Waals surface area (Å²) in [5, 5.41) is 0. The van der Waals surface area contributed by atoms with E-state index in [1.54, 1.807) is 0 Å². The molecule has 0 saturated heterocycles. The van der Waals surface area contributed by atoms with Crippen molar-refractivity contribution >= 4 is 0 Å². The first kappa shape index (κ1) is 9.96. The fraction of sp³-hybridized carbons (Fsp3) is 0.889. The Labute approximate surface area is 64.8 Å². The van der Waals surface area contributed by atoms with E-state index in [2.05, 4.69) is 20.8 Å². The molecule has 0 heterocycles. The van der Waals surface area contributed by atoms with Crippen LogP contribution in [-0.4, -0.2) is 12.7 Å². The summed E-state index contributed by atoms with van der Waals surface area (Å²) in [5.41, 5.74) is 0. The first-order valence-corrected chi connectivity index (χ1v) is 4.26. The third kappa shape index (κ3) is 6.09. The molecule has 0 N–H and O–H groups in total. The molecule has 0 aliphatic carbocycles. The minimum Gasteiger partial charge on any atom is -0.378 e. The third-order valence-corrected chi connectivity index (χ3v) is 1.56. The number of unbranched alkanes of at least 4 members (excludes halogenated alkanes) is 2. The van der Waals surface area contributed by atoms with Gasteiger partial charge in [0.15, 0.2) is 0 Å². The smallest absolute Gasteiger partial charge is 0.0573 e. The predicted octanol–water partition coefficient (Wildman–Crippen LogP) is 2.81. The summed E-state index contributed by atoms with van der Waals surface area (Å²) < 4.78 is 5.38. The lowest BCUT2D eigenvalue weighted by Crippen LogP contribution is -2.07. The number of ether oxygens (including phenoxy) is 1. The van der Waals surface area contributed by atoms with Crippen molar-refractivity contribution in [3.63, 3.8) is 0 Å². The highest BCUT2D eigenvalue weighted by Gasteiger charge is 1.95. The second-order valence-electron chi connectivity index (χ2n) is 2.61. The van der Waals surface area contributed by atoms with E-state index in [-0.39, 0.29) is 6.10 Å². The molecule has 1 heteroatoms. The highest BCUT2D eigenvalue weighted by Crippen LogP contribution is 1.99. The first-order valence-electron chi connectivity index (χ1n) is 4.26. The van der Waals surface area contributed by atoms with E-state index in [1.165, 1.54) is 19.3 Å². The SMILES string of the molecule is [CH2]C(CC)OCCCCC. The zero-order chi connectivity index (χ0) is 7.82. The Morgan fingerprint density at radius 3 is 2.50 bits per heavy atom. The molecule has 1 atom stereocenters. The van der Waals surface area contributed by atoms with Crippen LogP contribution in [0.25, 0.3) is 0 Å². The highest BCUT2D eigenvalue weighted by atomic mass is 16.5. The van der Waals surface area contributed by atoms with Crippen LogP contribution >= 0.6 is 0 Å². The molecule has 0 aromatic heterocycles. The van der Waals surface area contributed by atoms with Crippen molar-refractivity contribution in [1.82, 2.24) is 0 Å². The molecule has 0 rings (SSSR count). The van der Waals surface area contributed by atoms with Crippen LogP contribution in [0.4, 0.5) is 0 Å². The zero-order valence-electron chi connectivity index (χ0n) is 7.23. The standard InChI is InChI=1S/C9H19O/c1-4-6-7-8-10-9(3)5-2/h9H,3-8H2,1-2H3. The van der Waals surface area contributed by atoms with Crippen LogP contribution in [0.1, 0.15) is 39.5 Å². The minimum absolute atomic E-state index is 0.205. The fourth-order valence-electron chi connectivity index (χ4n) is 0.720. The van der Waals surface area contributed by atoms with Crippen LogP contribution in [0, 0.1) is 6.92 Å². The molecule has 0 bridgehead atoms. The van der Waals surface area contributed by atoms with Crippen LogP contribution in [-0.2, 0) is 4.74 Å². The zero-order valence-corrected chi connectivity index (χ0v) is 7.23. The molecule has 0 saturated carbocycles. The average Bonchev–Trinajstić information content (AvgIpc) is 1.98. The molecule has 0 aromatic carbocycles. The van der Waals surface area contributed by atoms with Gasteiger partial charge >= 0.3 is 0 Å². The molecule has 0 aromatic rings.